The summed E-state index contributed by atoms with van der Waals surface area (Å²) in [6, 6.07) is 6.75. The highest BCUT2D eigenvalue weighted by atomic mass is 32.2. The first-order chi connectivity index (χ1) is 10.1. The number of nitrogens with zero attached hydrogens (tertiary/aromatic N) is 2. The maximum atomic E-state index is 5.25. The summed E-state index contributed by atoms with van der Waals surface area (Å²) < 4.78 is 5.25. The van der Waals surface area contributed by atoms with Crippen LogP contribution in [-0.4, -0.2) is 27.7 Å². The molecule has 1 unspecified atom stereocenters. The fourth-order valence-electron chi connectivity index (χ4n) is 2.62. The van der Waals surface area contributed by atoms with Crippen molar-refractivity contribution in [3.8, 4) is 11.5 Å². The van der Waals surface area contributed by atoms with Gasteiger partial charge in [-0.25, -0.2) is 0 Å². The van der Waals surface area contributed by atoms with Gasteiger partial charge >= 0.3 is 0 Å². The summed E-state index contributed by atoms with van der Waals surface area (Å²) in [6.07, 6.45) is 2.62. The van der Waals surface area contributed by atoms with E-state index in [1.54, 1.807) is 0 Å². The van der Waals surface area contributed by atoms with Crippen LogP contribution < -0.4 is 5.32 Å². The molecule has 0 aliphatic carbocycles. The summed E-state index contributed by atoms with van der Waals surface area (Å²) in [4.78, 5) is 0. The number of hydrogen-bond donors (Lipinski definition) is 1. The zero-order chi connectivity index (χ0) is 14.9. The molecule has 1 atom stereocenters. The molecule has 1 aromatic heterocycles. The van der Waals surface area contributed by atoms with Crippen molar-refractivity contribution < 1.29 is 4.42 Å². The lowest BCUT2D eigenvalue weighted by Crippen LogP contribution is -2.41. The van der Waals surface area contributed by atoms with Gasteiger partial charge in [0.25, 0.3) is 0 Å². The molecule has 1 saturated heterocycles. The van der Waals surface area contributed by atoms with Gasteiger partial charge in [0.15, 0.2) is 0 Å². The summed E-state index contributed by atoms with van der Waals surface area (Å²) in [5.41, 5.74) is 3.70. The molecule has 1 aliphatic rings. The SMILES string of the molecule is Cc1cc(-c2nnco2)ccc1NC1CSCCC1(C)C. The number of hydrogen-bond acceptors (Lipinski definition) is 5. The van der Waals surface area contributed by atoms with E-state index in [4.69, 9.17) is 4.42 Å². The lowest BCUT2D eigenvalue weighted by Gasteiger charge is -2.39. The van der Waals surface area contributed by atoms with Crippen molar-refractivity contribution in [1.82, 2.24) is 10.2 Å². The third kappa shape index (κ3) is 3.07. The van der Waals surface area contributed by atoms with Gasteiger partial charge in [0.05, 0.1) is 0 Å². The zero-order valence-corrected chi connectivity index (χ0v) is 13.5. The average Bonchev–Trinajstić information content (AvgIpc) is 2.97. The molecule has 0 radical (unpaired) electrons. The van der Waals surface area contributed by atoms with Crippen molar-refractivity contribution in [2.75, 3.05) is 16.8 Å². The van der Waals surface area contributed by atoms with Crippen LogP contribution in [0.4, 0.5) is 5.69 Å². The molecule has 112 valence electrons. The van der Waals surface area contributed by atoms with Crippen LogP contribution in [-0.2, 0) is 0 Å². The van der Waals surface area contributed by atoms with Crippen molar-refractivity contribution in [3.63, 3.8) is 0 Å². The zero-order valence-electron chi connectivity index (χ0n) is 12.7. The van der Waals surface area contributed by atoms with E-state index in [2.05, 4.69) is 48.4 Å². The first-order valence-corrected chi connectivity index (χ1v) is 8.43. The second kappa shape index (κ2) is 5.72. The minimum Gasteiger partial charge on any atom is -0.423 e. The second-order valence-electron chi connectivity index (χ2n) is 6.28. The van der Waals surface area contributed by atoms with E-state index in [9.17, 15) is 0 Å². The molecule has 3 rings (SSSR count). The Kier molecular flexibility index (Phi) is 3.93. The molecular formula is C16H21N3OS. The molecule has 1 N–H and O–H groups in total. The predicted molar refractivity (Wildman–Crippen MR) is 87.6 cm³/mol. The number of aryl methyl sites for hydroxylation is 1. The third-order valence-corrected chi connectivity index (χ3v) is 5.34. The second-order valence-corrected chi connectivity index (χ2v) is 7.43. The lowest BCUT2D eigenvalue weighted by molar-refractivity contribution is 0.305. The number of thioether (sulfide) groups is 1. The van der Waals surface area contributed by atoms with Crippen molar-refractivity contribution in [1.29, 1.82) is 0 Å². The largest absolute Gasteiger partial charge is 0.423 e. The minimum absolute atomic E-state index is 0.336. The Morgan fingerprint density at radius 1 is 1.38 bits per heavy atom. The van der Waals surface area contributed by atoms with Gasteiger partial charge in [0.2, 0.25) is 12.3 Å². The highest BCUT2D eigenvalue weighted by Crippen LogP contribution is 2.36. The minimum atomic E-state index is 0.336. The van der Waals surface area contributed by atoms with Crippen LogP contribution in [0.15, 0.2) is 29.0 Å². The van der Waals surface area contributed by atoms with E-state index >= 15 is 0 Å². The fourth-order valence-corrected chi connectivity index (χ4v) is 4.23. The third-order valence-electron chi connectivity index (χ3n) is 4.28. The van der Waals surface area contributed by atoms with Crippen molar-refractivity contribution in [2.24, 2.45) is 5.41 Å². The van der Waals surface area contributed by atoms with Crippen LogP contribution in [0.5, 0.6) is 0 Å². The molecule has 0 amide bonds. The average molecular weight is 303 g/mol. The molecular weight excluding hydrogens is 282 g/mol. The number of aromatic nitrogens is 2. The summed E-state index contributed by atoms with van der Waals surface area (Å²) in [6.45, 7) is 6.82. The molecule has 0 spiro atoms. The molecule has 2 heterocycles. The normalized spacial score (nSPS) is 21.2. The molecule has 0 saturated carbocycles. The van der Waals surface area contributed by atoms with Crippen molar-refractivity contribution >= 4 is 17.4 Å². The van der Waals surface area contributed by atoms with Gasteiger partial charge in [-0.2, -0.15) is 11.8 Å². The van der Waals surface area contributed by atoms with E-state index in [1.165, 1.54) is 29.8 Å². The van der Waals surface area contributed by atoms with E-state index < -0.39 is 0 Å². The highest BCUT2D eigenvalue weighted by Gasteiger charge is 2.32. The van der Waals surface area contributed by atoms with Gasteiger partial charge in [-0.1, -0.05) is 13.8 Å². The van der Waals surface area contributed by atoms with Crippen LogP contribution >= 0.6 is 11.8 Å². The van der Waals surface area contributed by atoms with Crippen LogP contribution in [0.3, 0.4) is 0 Å². The first-order valence-electron chi connectivity index (χ1n) is 7.28. The van der Waals surface area contributed by atoms with Crippen molar-refractivity contribution in [2.45, 2.75) is 33.2 Å². The van der Waals surface area contributed by atoms with Gasteiger partial charge in [-0.05, 0) is 48.3 Å². The first kappa shape index (κ1) is 14.4. The maximum Gasteiger partial charge on any atom is 0.247 e. The Hall–Kier alpha value is -1.49. The van der Waals surface area contributed by atoms with Gasteiger partial charge in [0.1, 0.15) is 0 Å². The van der Waals surface area contributed by atoms with Crippen LogP contribution in [0.2, 0.25) is 0 Å². The Morgan fingerprint density at radius 2 is 2.24 bits per heavy atom. The van der Waals surface area contributed by atoms with Gasteiger partial charge in [0, 0.05) is 23.0 Å². The van der Waals surface area contributed by atoms with Crippen LogP contribution in [0, 0.1) is 12.3 Å². The number of nitrogens with one attached hydrogen (secondary N) is 1. The molecule has 1 aromatic carbocycles. The topological polar surface area (TPSA) is 51.0 Å². The summed E-state index contributed by atoms with van der Waals surface area (Å²) in [5.74, 6) is 3.00. The van der Waals surface area contributed by atoms with E-state index in [0.717, 1.165) is 11.3 Å². The standard InChI is InChI=1S/C16H21N3OS/c1-11-8-12(15-19-17-10-20-15)4-5-13(11)18-14-9-21-7-6-16(14,2)3/h4-5,8,10,14,18H,6-7,9H2,1-3H3. The highest BCUT2D eigenvalue weighted by molar-refractivity contribution is 7.99. The van der Waals surface area contributed by atoms with E-state index in [1.807, 2.05) is 17.8 Å². The van der Waals surface area contributed by atoms with Gasteiger partial charge in [-0.15, -0.1) is 10.2 Å². The molecule has 5 heteroatoms. The molecule has 21 heavy (non-hydrogen) atoms. The Balaban J connectivity index is 1.80. The monoisotopic (exact) mass is 303 g/mol. The van der Waals surface area contributed by atoms with E-state index in [0.29, 0.717) is 17.3 Å². The summed E-state index contributed by atoms with van der Waals surface area (Å²) >= 11 is 2.04. The van der Waals surface area contributed by atoms with Crippen LogP contribution in [0.1, 0.15) is 25.8 Å². The number of benzene rings is 1. The summed E-state index contributed by atoms with van der Waals surface area (Å²) in [5, 5.41) is 11.4. The fraction of sp³-hybridized carbons (Fsp3) is 0.500. The quantitative estimate of drug-likeness (QED) is 0.929. The molecule has 0 bridgehead atoms. The van der Waals surface area contributed by atoms with Crippen molar-refractivity contribution in [3.05, 3.63) is 30.2 Å². The lowest BCUT2D eigenvalue weighted by atomic mass is 9.82. The van der Waals surface area contributed by atoms with E-state index in [-0.39, 0.29) is 0 Å². The molecule has 4 nitrogen and oxygen atoms in total. The Bertz CT molecular complexity index is 610. The number of rotatable bonds is 3. The van der Waals surface area contributed by atoms with Gasteiger partial charge in [-0.3, -0.25) is 0 Å². The molecule has 2 aromatic rings. The summed E-state index contributed by atoms with van der Waals surface area (Å²) in [7, 11) is 0. The number of anilines is 1. The van der Waals surface area contributed by atoms with Gasteiger partial charge < -0.3 is 9.73 Å². The molecule has 1 aliphatic heterocycles. The Morgan fingerprint density at radius 3 is 2.90 bits per heavy atom. The predicted octanol–water partition coefficient (Wildman–Crippen LogP) is 3.99. The smallest absolute Gasteiger partial charge is 0.247 e. The maximum absolute atomic E-state index is 5.25. The molecule has 1 fully saturated rings. The Labute approximate surface area is 129 Å². The van der Waals surface area contributed by atoms with Crippen LogP contribution in [0.25, 0.3) is 11.5 Å².